The number of hydrogen-bond acceptors (Lipinski definition) is 3. The molecule has 0 radical (unpaired) electrons. The molecule has 3 N–H and O–H groups in total. The van der Waals surface area contributed by atoms with Gasteiger partial charge in [-0.3, -0.25) is 4.79 Å². The number of anilines is 1. The fourth-order valence-corrected chi connectivity index (χ4v) is 2.91. The molecular formula is C16H22N2OS. The average Bonchev–Trinajstić information content (AvgIpc) is 2.72. The lowest BCUT2D eigenvalue weighted by Crippen LogP contribution is -2.33. The Bertz CT molecular complexity index is 625. The average molecular weight is 290 g/mol. The van der Waals surface area contributed by atoms with Gasteiger partial charge in [0.1, 0.15) is 4.88 Å². The first kappa shape index (κ1) is 14.9. The molecular weight excluding hydrogens is 268 g/mol. The van der Waals surface area contributed by atoms with Gasteiger partial charge in [-0.25, -0.2) is 0 Å². The maximum Gasteiger partial charge on any atom is 0.263 e. The van der Waals surface area contributed by atoms with Crippen LogP contribution in [-0.4, -0.2) is 12.5 Å². The molecule has 4 heteroatoms. The third-order valence-electron chi connectivity index (χ3n) is 3.89. The van der Waals surface area contributed by atoms with E-state index in [1.165, 1.54) is 11.3 Å². The first-order valence-electron chi connectivity index (χ1n) is 6.86. The van der Waals surface area contributed by atoms with Crippen LogP contribution in [0.4, 0.5) is 5.69 Å². The van der Waals surface area contributed by atoms with Gasteiger partial charge in [-0.15, -0.1) is 11.3 Å². The molecule has 0 saturated heterocycles. The first-order valence-corrected chi connectivity index (χ1v) is 7.67. The van der Waals surface area contributed by atoms with Crippen LogP contribution < -0.4 is 11.1 Å². The number of carbonyl (C=O) groups is 1. The Balaban J connectivity index is 2.14. The third kappa shape index (κ3) is 2.96. The molecule has 0 fully saturated rings. The molecule has 20 heavy (non-hydrogen) atoms. The summed E-state index contributed by atoms with van der Waals surface area (Å²) in [7, 11) is 0. The van der Waals surface area contributed by atoms with Crippen LogP contribution in [0.1, 0.15) is 37.4 Å². The molecule has 0 aliphatic carbocycles. The third-order valence-corrected chi connectivity index (χ3v) is 5.07. The number of rotatable bonds is 3. The van der Waals surface area contributed by atoms with E-state index in [1.807, 2.05) is 24.3 Å². The van der Waals surface area contributed by atoms with Crippen LogP contribution in [0.25, 0.3) is 10.1 Å². The SMILES string of the molecule is CC(CNC(=O)c1sc2ccccc2c1N)C(C)(C)C. The molecule has 0 spiro atoms. The van der Waals surface area contributed by atoms with E-state index in [2.05, 4.69) is 33.0 Å². The Morgan fingerprint density at radius 3 is 2.60 bits per heavy atom. The normalized spacial score (nSPS) is 13.4. The number of carbonyl (C=O) groups excluding carboxylic acids is 1. The minimum atomic E-state index is -0.0696. The summed E-state index contributed by atoms with van der Waals surface area (Å²) in [6.45, 7) is 9.34. The van der Waals surface area contributed by atoms with Crippen molar-refractivity contribution in [3.63, 3.8) is 0 Å². The molecule has 108 valence electrons. The number of benzene rings is 1. The second kappa shape index (κ2) is 5.44. The fourth-order valence-electron chi connectivity index (χ4n) is 1.87. The summed E-state index contributed by atoms with van der Waals surface area (Å²) in [4.78, 5) is 12.9. The Hall–Kier alpha value is -1.55. The maximum absolute atomic E-state index is 12.3. The monoisotopic (exact) mass is 290 g/mol. The van der Waals surface area contributed by atoms with E-state index in [4.69, 9.17) is 5.73 Å². The minimum absolute atomic E-state index is 0.0696. The zero-order valence-electron chi connectivity index (χ0n) is 12.5. The molecule has 1 unspecified atom stereocenters. The predicted molar refractivity (Wildman–Crippen MR) is 87.2 cm³/mol. The summed E-state index contributed by atoms with van der Waals surface area (Å²) in [6, 6.07) is 7.84. The highest BCUT2D eigenvalue weighted by molar-refractivity contribution is 7.21. The highest BCUT2D eigenvalue weighted by Crippen LogP contribution is 2.33. The van der Waals surface area contributed by atoms with Crippen molar-refractivity contribution in [3.05, 3.63) is 29.1 Å². The second-order valence-corrected chi connectivity index (χ2v) is 7.37. The van der Waals surface area contributed by atoms with E-state index in [1.54, 1.807) is 0 Å². The van der Waals surface area contributed by atoms with Crippen LogP contribution in [0.15, 0.2) is 24.3 Å². The molecule has 1 amide bonds. The van der Waals surface area contributed by atoms with Gasteiger partial charge in [0.15, 0.2) is 0 Å². The molecule has 1 atom stereocenters. The van der Waals surface area contributed by atoms with Crippen LogP contribution >= 0.6 is 11.3 Å². The van der Waals surface area contributed by atoms with E-state index < -0.39 is 0 Å². The van der Waals surface area contributed by atoms with Gasteiger partial charge in [-0.1, -0.05) is 45.9 Å². The van der Waals surface area contributed by atoms with Crippen molar-refractivity contribution in [3.8, 4) is 0 Å². The Morgan fingerprint density at radius 1 is 1.35 bits per heavy atom. The summed E-state index contributed by atoms with van der Waals surface area (Å²) in [5, 5.41) is 3.96. The number of nitrogens with one attached hydrogen (secondary N) is 1. The van der Waals surface area contributed by atoms with Crippen LogP contribution in [0.5, 0.6) is 0 Å². The highest BCUT2D eigenvalue weighted by Gasteiger charge is 2.22. The lowest BCUT2D eigenvalue weighted by molar-refractivity contribution is 0.0942. The summed E-state index contributed by atoms with van der Waals surface area (Å²) < 4.78 is 1.05. The van der Waals surface area contributed by atoms with Crippen molar-refractivity contribution in [1.29, 1.82) is 0 Å². The topological polar surface area (TPSA) is 55.1 Å². The highest BCUT2D eigenvalue weighted by atomic mass is 32.1. The van der Waals surface area contributed by atoms with Gasteiger partial charge in [0, 0.05) is 16.6 Å². The Labute approximate surface area is 124 Å². The quantitative estimate of drug-likeness (QED) is 0.901. The van der Waals surface area contributed by atoms with Crippen LogP contribution in [-0.2, 0) is 0 Å². The fraction of sp³-hybridized carbons (Fsp3) is 0.438. The van der Waals surface area contributed by atoms with E-state index in [0.717, 1.165) is 10.1 Å². The van der Waals surface area contributed by atoms with Crippen LogP contribution in [0, 0.1) is 11.3 Å². The number of nitrogens with two attached hydrogens (primary N) is 1. The van der Waals surface area contributed by atoms with Gasteiger partial charge in [0.05, 0.1) is 5.69 Å². The van der Waals surface area contributed by atoms with Crippen LogP contribution in [0.2, 0.25) is 0 Å². The van der Waals surface area contributed by atoms with Crippen molar-refractivity contribution >= 4 is 33.0 Å². The van der Waals surface area contributed by atoms with Crippen molar-refractivity contribution in [2.45, 2.75) is 27.7 Å². The first-order chi connectivity index (χ1) is 9.30. The maximum atomic E-state index is 12.3. The van der Waals surface area contributed by atoms with Crippen molar-refractivity contribution in [2.75, 3.05) is 12.3 Å². The van der Waals surface area contributed by atoms with Crippen molar-refractivity contribution < 1.29 is 4.79 Å². The largest absolute Gasteiger partial charge is 0.397 e. The van der Waals surface area contributed by atoms with E-state index >= 15 is 0 Å². The molecule has 0 saturated carbocycles. The number of thiophene rings is 1. The number of hydrogen-bond donors (Lipinski definition) is 2. The van der Waals surface area contributed by atoms with E-state index in [9.17, 15) is 4.79 Å². The number of nitrogen functional groups attached to an aromatic ring is 1. The van der Waals surface area contributed by atoms with Gasteiger partial charge in [-0.05, 0) is 17.4 Å². The molecule has 0 aliphatic rings. The van der Waals surface area contributed by atoms with Gasteiger partial charge in [-0.2, -0.15) is 0 Å². The molecule has 2 aromatic rings. The van der Waals surface area contributed by atoms with Crippen molar-refractivity contribution in [1.82, 2.24) is 5.32 Å². The summed E-state index contributed by atoms with van der Waals surface area (Å²) in [5.41, 5.74) is 6.85. The van der Waals surface area contributed by atoms with E-state index in [-0.39, 0.29) is 11.3 Å². The standard InChI is InChI=1S/C16H22N2OS/c1-10(16(2,3)4)9-18-15(19)14-13(17)11-7-5-6-8-12(11)20-14/h5-8,10H,9,17H2,1-4H3,(H,18,19). The zero-order valence-corrected chi connectivity index (χ0v) is 13.3. The molecule has 2 rings (SSSR count). The second-order valence-electron chi connectivity index (χ2n) is 6.32. The smallest absolute Gasteiger partial charge is 0.263 e. The Morgan fingerprint density at radius 2 is 2.00 bits per heavy atom. The van der Waals surface area contributed by atoms with Crippen molar-refractivity contribution in [2.24, 2.45) is 11.3 Å². The Kier molecular flexibility index (Phi) is 4.04. The van der Waals surface area contributed by atoms with Gasteiger partial charge >= 0.3 is 0 Å². The van der Waals surface area contributed by atoms with E-state index in [0.29, 0.717) is 23.0 Å². The lowest BCUT2D eigenvalue weighted by atomic mass is 9.82. The number of amides is 1. The number of fused-ring (bicyclic) bond motifs is 1. The summed E-state index contributed by atoms with van der Waals surface area (Å²) in [5.74, 6) is 0.335. The molecule has 1 aromatic carbocycles. The predicted octanol–water partition coefficient (Wildman–Crippen LogP) is 3.90. The van der Waals surface area contributed by atoms with Gasteiger partial charge in [0.25, 0.3) is 5.91 Å². The summed E-state index contributed by atoms with van der Waals surface area (Å²) in [6.07, 6.45) is 0. The van der Waals surface area contributed by atoms with Gasteiger partial charge in [0.2, 0.25) is 0 Å². The molecule has 0 bridgehead atoms. The zero-order chi connectivity index (χ0) is 14.9. The van der Waals surface area contributed by atoms with Crippen LogP contribution in [0.3, 0.4) is 0 Å². The lowest BCUT2D eigenvalue weighted by Gasteiger charge is -2.27. The minimum Gasteiger partial charge on any atom is -0.397 e. The molecule has 0 aliphatic heterocycles. The summed E-state index contributed by atoms with van der Waals surface area (Å²) >= 11 is 1.45. The molecule has 3 nitrogen and oxygen atoms in total. The molecule has 1 aromatic heterocycles. The molecule has 1 heterocycles. The van der Waals surface area contributed by atoms with Gasteiger partial charge < -0.3 is 11.1 Å².